The first-order valence-corrected chi connectivity index (χ1v) is 14.0. The highest BCUT2D eigenvalue weighted by Gasteiger charge is 2.00. The summed E-state index contributed by atoms with van der Waals surface area (Å²) in [5.41, 5.74) is 4.11. The van der Waals surface area contributed by atoms with Crippen LogP contribution < -0.4 is 0 Å². The molecule has 0 aliphatic heterocycles. The van der Waals surface area contributed by atoms with Crippen molar-refractivity contribution in [2.75, 3.05) is 6.38 Å². The standard InChI is InChI=1S/C10H13Br.C10H13Cl.C10H14.CH3Cl/c1-8(2)6-9-4-3-5-10(11)7-9;1-8(2)7-9-5-3-4-6-10(9)11;1-9(2)8-10-6-4-3-5-7-10;1-2/h3-5,7-8H,6H2,1-2H3;3-6,8H,7H2,1-2H3;3-7,9H,8H2,1-2H3;1H3. The predicted octanol–water partition coefficient (Wildman–Crippen LogP) is 10.9. The van der Waals surface area contributed by atoms with Crippen molar-refractivity contribution in [2.24, 2.45) is 17.8 Å². The van der Waals surface area contributed by atoms with Crippen molar-refractivity contribution in [1.82, 2.24) is 0 Å². The Labute approximate surface area is 228 Å². The van der Waals surface area contributed by atoms with E-state index in [1.54, 1.807) is 0 Å². The van der Waals surface area contributed by atoms with Gasteiger partial charge in [-0.2, -0.15) is 0 Å². The summed E-state index contributed by atoms with van der Waals surface area (Å²) < 4.78 is 1.18. The molecule has 0 nitrogen and oxygen atoms in total. The van der Waals surface area contributed by atoms with Crippen molar-refractivity contribution in [2.45, 2.75) is 60.8 Å². The van der Waals surface area contributed by atoms with Gasteiger partial charge in [0.2, 0.25) is 0 Å². The zero-order chi connectivity index (χ0) is 25.9. The van der Waals surface area contributed by atoms with Crippen LogP contribution in [0.15, 0.2) is 83.3 Å². The maximum absolute atomic E-state index is 5.97. The summed E-state index contributed by atoms with van der Waals surface area (Å²) in [5, 5.41) is 0.890. The van der Waals surface area contributed by atoms with Crippen LogP contribution >= 0.6 is 39.1 Å². The Balaban J connectivity index is 0.000000463. The molecule has 0 atom stereocenters. The van der Waals surface area contributed by atoms with Gasteiger partial charge in [0.05, 0.1) is 0 Å². The van der Waals surface area contributed by atoms with Crippen LogP contribution in [0.4, 0.5) is 0 Å². The number of hydrogen-bond acceptors (Lipinski definition) is 0. The summed E-state index contributed by atoms with van der Waals surface area (Å²) in [4.78, 5) is 0. The average molecular weight is 566 g/mol. The van der Waals surface area contributed by atoms with E-state index in [0.717, 1.165) is 23.3 Å². The molecule has 3 rings (SSSR count). The third kappa shape index (κ3) is 17.2. The Kier molecular flexibility index (Phi) is 19.2. The predicted molar refractivity (Wildman–Crippen MR) is 159 cm³/mol. The summed E-state index contributed by atoms with van der Waals surface area (Å²) in [6.07, 6.45) is 4.90. The summed E-state index contributed by atoms with van der Waals surface area (Å²) in [6.45, 7) is 13.4. The highest BCUT2D eigenvalue weighted by Crippen LogP contribution is 2.18. The van der Waals surface area contributed by atoms with E-state index < -0.39 is 0 Å². The van der Waals surface area contributed by atoms with Gasteiger partial charge in [0.25, 0.3) is 0 Å². The first-order chi connectivity index (χ1) is 16.2. The Bertz CT molecular complexity index is 873. The molecule has 0 aromatic heterocycles. The van der Waals surface area contributed by atoms with Crippen LogP contribution in [-0.4, -0.2) is 6.38 Å². The van der Waals surface area contributed by atoms with Crippen LogP contribution in [0.5, 0.6) is 0 Å². The first-order valence-electron chi connectivity index (χ1n) is 12.1. The van der Waals surface area contributed by atoms with Crippen LogP contribution in [0, 0.1) is 17.8 Å². The van der Waals surface area contributed by atoms with E-state index in [0.29, 0.717) is 5.92 Å². The zero-order valence-electron chi connectivity index (χ0n) is 22.0. The molecule has 0 radical (unpaired) electrons. The van der Waals surface area contributed by atoms with Crippen molar-refractivity contribution >= 4 is 39.1 Å². The Hall–Kier alpha value is -1.28. The summed E-state index contributed by atoms with van der Waals surface area (Å²) in [6, 6.07) is 27.1. The Morgan fingerprint density at radius 2 is 1.06 bits per heavy atom. The molecular formula is C31H43BrCl2. The normalized spacial score (nSPS) is 10.0. The minimum atomic E-state index is 0.676. The number of halogens is 3. The van der Waals surface area contributed by atoms with Crippen molar-refractivity contribution in [3.8, 4) is 0 Å². The second kappa shape index (κ2) is 20.0. The van der Waals surface area contributed by atoms with Crippen molar-refractivity contribution in [1.29, 1.82) is 0 Å². The molecule has 0 unspecified atom stereocenters. The van der Waals surface area contributed by atoms with Crippen LogP contribution in [0.1, 0.15) is 58.2 Å². The molecule has 0 heterocycles. The molecule has 0 spiro atoms. The number of alkyl halides is 1. The third-order valence-corrected chi connectivity index (χ3v) is 5.47. The van der Waals surface area contributed by atoms with Crippen molar-refractivity contribution in [3.05, 3.63) is 105 Å². The van der Waals surface area contributed by atoms with Crippen LogP contribution in [-0.2, 0) is 19.3 Å². The zero-order valence-corrected chi connectivity index (χ0v) is 25.1. The smallest absolute Gasteiger partial charge is 0.0438 e. The lowest BCUT2D eigenvalue weighted by atomic mass is 10.0. The lowest BCUT2D eigenvalue weighted by Gasteiger charge is -2.05. The highest BCUT2D eigenvalue weighted by molar-refractivity contribution is 9.10. The van der Waals surface area contributed by atoms with Gasteiger partial charge in [0.15, 0.2) is 0 Å². The molecule has 3 aromatic carbocycles. The van der Waals surface area contributed by atoms with E-state index in [9.17, 15) is 0 Å². The van der Waals surface area contributed by atoms with Gasteiger partial charge in [-0.3, -0.25) is 0 Å². The van der Waals surface area contributed by atoms with E-state index in [1.807, 2.05) is 18.2 Å². The van der Waals surface area contributed by atoms with Crippen LogP contribution in [0.3, 0.4) is 0 Å². The van der Waals surface area contributed by atoms with Gasteiger partial charge in [-0.05, 0) is 71.9 Å². The minimum Gasteiger partial charge on any atom is -0.130 e. The SMILES string of the molecule is CC(C)Cc1cccc(Br)c1.CC(C)Cc1ccccc1.CC(C)Cc1ccccc1Cl.CCl. The monoisotopic (exact) mass is 564 g/mol. The first kappa shape index (κ1) is 32.7. The quantitative estimate of drug-likeness (QED) is 0.261. The van der Waals surface area contributed by atoms with Crippen molar-refractivity contribution in [3.63, 3.8) is 0 Å². The topological polar surface area (TPSA) is 0 Å². The molecular weight excluding hydrogens is 523 g/mol. The second-order valence-electron chi connectivity index (χ2n) is 9.50. The van der Waals surface area contributed by atoms with E-state index in [2.05, 4.69) is 130 Å². The van der Waals surface area contributed by atoms with Crippen molar-refractivity contribution < 1.29 is 0 Å². The largest absolute Gasteiger partial charge is 0.130 e. The van der Waals surface area contributed by atoms with Gasteiger partial charge in [0.1, 0.15) is 0 Å². The molecule has 34 heavy (non-hydrogen) atoms. The van der Waals surface area contributed by atoms with Gasteiger partial charge < -0.3 is 0 Å². The molecule has 0 N–H and O–H groups in total. The molecule has 0 aliphatic carbocycles. The third-order valence-electron chi connectivity index (χ3n) is 4.61. The Morgan fingerprint density at radius 3 is 1.56 bits per heavy atom. The Morgan fingerprint density at radius 1 is 0.588 bits per heavy atom. The number of rotatable bonds is 6. The maximum Gasteiger partial charge on any atom is 0.0438 e. The minimum absolute atomic E-state index is 0.676. The molecule has 0 amide bonds. The molecule has 0 saturated carbocycles. The highest BCUT2D eigenvalue weighted by atomic mass is 79.9. The van der Waals surface area contributed by atoms with Gasteiger partial charge in [-0.15, -0.1) is 11.6 Å². The molecule has 0 fully saturated rings. The fourth-order valence-electron chi connectivity index (χ4n) is 3.32. The summed E-state index contributed by atoms with van der Waals surface area (Å²) in [7, 11) is 0. The maximum atomic E-state index is 5.97. The molecule has 0 saturated heterocycles. The van der Waals surface area contributed by atoms with Crippen LogP contribution in [0.25, 0.3) is 0 Å². The van der Waals surface area contributed by atoms with E-state index in [1.165, 1.54) is 40.4 Å². The molecule has 3 heteroatoms. The van der Waals surface area contributed by atoms with E-state index >= 15 is 0 Å². The molecule has 3 aromatic rings. The summed E-state index contributed by atoms with van der Waals surface area (Å²) >= 11 is 14.1. The van der Waals surface area contributed by atoms with Gasteiger partial charge in [-0.25, -0.2) is 0 Å². The fraction of sp³-hybridized carbons (Fsp3) is 0.419. The number of benzene rings is 3. The lowest BCUT2D eigenvalue weighted by Crippen LogP contribution is -1.93. The lowest BCUT2D eigenvalue weighted by molar-refractivity contribution is 0.647. The molecule has 0 aliphatic rings. The van der Waals surface area contributed by atoms with E-state index in [-0.39, 0.29) is 0 Å². The summed E-state index contributed by atoms with van der Waals surface area (Å²) in [5.74, 6) is 2.18. The molecule has 0 bridgehead atoms. The fourth-order valence-corrected chi connectivity index (χ4v) is 3.98. The average Bonchev–Trinajstić information content (AvgIpc) is 2.77. The second-order valence-corrected chi connectivity index (χ2v) is 10.8. The van der Waals surface area contributed by atoms with Gasteiger partial charge >= 0.3 is 0 Å². The number of hydrogen-bond donors (Lipinski definition) is 0. The van der Waals surface area contributed by atoms with E-state index in [4.69, 9.17) is 11.6 Å². The van der Waals surface area contributed by atoms with Gasteiger partial charge in [0, 0.05) is 15.9 Å². The van der Waals surface area contributed by atoms with Crippen LogP contribution in [0.2, 0.25) is 5.02 Å². The van der Waals surface area contributed by atoms with Gasteiger partial charge in [-0.1, -0.05) is 130 Å². The molecule has 188 valence electrons.